The van der Waals surface area contributed by atoms with E-state index >= 15 is 0 Å². The maximum atomic E-state index is 9.42. The van der Waals surface area contributed by atoms with Crippen LogP contribution in [0.3, 0.4) is 0 Å². The molecular formula is C105H63B4N5. The minimum Gasteiger partial charge on any atom is -0.310 e. The normalized spacial score (nSPS) is 13.1. The van der Waals surface area contributed by atoms with Crippen LogP contribution in [0.1, 0.15) is 16.7 Å². The summed E-state index contributed by atoms with van der Waals surface area (Å²) in [7, 11) is 0. The first kappa shape index (κ1) is 62.5. The molecule has 29 rings (SSSR count). The second kappa shape index (κ2) is 22.9. The molecule has 520 valence electrons. The van der Waals surface area contributed by atoms with Crippen molar-refractivity contribution in [1.29, 1.82) is 5.26 Å². The van der Waals surface area contributed by atoms with Crippen LogP contribution in [-0.2, 0) is 0 Å². The molecule has 4 aromatic heterocycles. The molecule has 0 spiro atoms. The van der Waals surface area contributed by atoms with Crippen molar-refractivity contribution in [2.24, 2.45) is 0 Å². The van der Waals surface area contributed by atoms with Crippen molar-refractivity contribution in [2.45, 2.75) is 13.8 Å². The van der Waals surface area contributed by atoms with Gasteiger partial charge in [0.2, 0.25) is 26.9 Å². The van der Waals surface area contributed by atoms with E-state index < -0.39 is 0 Å². The molecule has 0 amide bonds. The van der Waals surface area contributed by atoms with Gasteiger partial charge in [-0.3, -0.25) is 0 Å². The number of para-hydroxylation sites is 6. The molecule has 12 heterocycles. The number of nitrogens with zero attached hydrogens (tertiary/aromatic N) is 5. The molecule has 0 radical (unpaired) electrons. The quantitative estimate of drug-likeness (QED) is 0.151. The molecule has 17 aromatic carbocycles. The number of rotatable bonds is 1. The van der Waals surface area contributed by atoms with Crippen LogP contribution in [0, 0.1) is 25.2 Å². The van der Waals surface area contributed by atoms with Crippen molar-refractivity contribution in [3.05, 3.63) is 362 Å². The van der Waals surface area contributed by atoms with Crippen LogP contribution < -0.4 is 65.6 Å². The highest BCUT2D eigenvalue weighted by Crippen LogP contribution is 2.45. The van der Waals surface area contributed by atoms with Gasteiger partial charge in [0.25, 0.3) is 0 Å². The highest BCUT2D eigenvalue weighted by molar-refractivity contribution is 7.03. The van der Waals surface area contributed by atoms with E-state index in [-0.39, 0.29) is 6.71 Å². The minimum atomic E-state index is 0.276. The third-order valence-electron chi connectivity index (χ3n) is 26.8. The predicted octanol–water partition coefficient (Wildman–Crippen LogP) is 16.5. The summed E-state index contributed by atoms with van der Waals surface area (Å²) >= 11 is 0. The maximum Gasteiger partial charge on any atom is 0.248 e. The molecule has 0 N–H and O–H groups in total. The molecule has 0 unspecified atom stereocenters. The minimum absolute atomic E-state index is 0.276. The van der Waals surface area contributed by atoms with Crippen molar-refractivity contribution in [2.75, 3.05) is 0 Å². The predicted molar refractivity (Wildman–Crippen MR) is 483 cm³/mol. The zero-order valence-electron chi connectivity index (χ0n) is 62.5. The number of nitriles is 1. The summed E-state index contributed by atoms with van der Waals surface area (Å²) < 4.78 is 9.90. The molecule has 8 aliphatic rings. The van der Waals surface area contributed by atoms with Crippen LogP contribution in [-0.4, -0.2) is 45.1 Å². The summed E-state index contributed by atoms with van der Waals surface area (Å²) in [5.41, 5.74) is 49.9. The molecule has 21 aromatic rings. The standard InChI is InChI=1S/C30H18BN.C25H13BN2.2C25H16BN/c1-2-8-19(9-3-1)20-14-17-25-24(18-20)22-15-16-23-21-10-4-6-12-27(21)32-28-13-7-5-11-26(28)31(25)29(22)30(23)32;27-14-15-9-12-22-19(13-15)18-11-10-17-16-5-1-2-6-20(16)26-21-7-3-4-8-23(21)28(22)25(18)24(17)26;1-15-10-13-20-19(14-15)17-11-12-18-16-6-2-4-8-22(16)27-23-9-5-3-7-21(23)26(20)24(17)25(18)27;1-15-10-13-22-19(14-15)18-12-11-17-16-6-2-3-7-20(16)26-21-8-4-5-9-23(21)27(22)25(18)24(17)26/h1-18H;1-13H;2*2-14H,1H3. The van der Waals surface area contributed by atoms with Gasteiger partial charge < -0.3 is 18.3 Å². The lowest BCUT2D eigenvalue weighted by atomic mass is 9.37. The Morgan fingerprint density at radius 3 is 1.02 bits per heavy atom. The molecule has 0 saturated carbocycles. The molecule has 5 nitrogen and oxygen atoms in total. The lowest BCUT2D eigenvalue weighted by Gasteiger charge is -2.24. The summed E-state index contributed by atoms with van der Waals surface area (Å²) in [6.07, 6.45) is 0. The largest absolute Gasteiger partial charge is 0.310 e. The Labute approximate surface area is 659 Å². The molecular weight excluding hydrogens is 1370 g/mol. The lowest BCUT2D eigenvalue weighted by Crippen LogP contribution is -2.53. The first-order chi connectivity index (χ1) is 56.4. The fourth-order valence-corrected chi connectivity index (χ4v) is 22.4. The first-order valence-electron chi connectivity index (χ1n) is 40.0. The van der Waals surface area contributed by atoms with Crippen molar-refractivity contribution >= 4 is 180 Å². The molecule has 0 atom stereocenters. The van der Waals surface area contributed by atoms with Crippen LogP contribution in [0.15, 0.2) is 346 Å². The monoisotopic (exact) mass is 1440 g/mol. The van der Waals surface area contributed by atoms with E-state index in [0.717, 1.165) is 5.39 Å². The maximum absolute atomic E-state index is 9.42. The Morgan fingerprint density at radius 2 is 0.553 bits per heavy atom. The number of aryl methyl sites for hydroxylation is 2. The van der Waals surface area contributed by atoms with Gasteiger partial charge in [0.05, 0.1) is 33.7 Å². The number of hydrogen-bond acceptors (Lipinski definition) is 1. The Hall–Kier alpha value is -14.3. The van der Waals surface area contributed by atoms with Crippen LogP contribution in [0.4, 0.5) is 0 Å². The zero-order valence-corrected chi connectivity index (χ0v) is 62.5. The van der Waals surface area contributed by atoms with E-state index in [4.69, 9.17) is 0 Å². The highest BCUT2D eigenvalue weighted by Gasteiger charge is 2.46. The topological polar surface area (TPSA) is 43.5 Å². The van der Waals surface area contributed by atoms with E-state index in [0.29, 0.717) is 25.7 Å². The highest BCUT2D eigenvalue weighted by atomic mass is 15.0. The third kappa shape index (κ3) is 8.10. The summed E-state index contributed by atoms with van der Waals surface area (Å²) in [6.45, 7) is 5.62. The number of benzene rings is 17. The first-order valence-corrected chi connectivity index (χ1v) is 40.0. The number of aromatic nitrogens is 4. The van der Waals surface area contributed by atoms with Gasteiger partial charge in [-0.1, -0.05) is 306 Å². The van der Waals surface area contributed by atoms with E-state index in [2.05, 4.69) is 372 Å². The van der Waals surface area contributed by atoms with E-state index in [1.165, 1.54) is 237 Å². The second-order valence-corrected chi connectivity index (χ2v) is 32.3. The third-order valence-corrected chi connectivity index (χ3v) is 26.8. The van der Waals surface area contributed by atoms with Gasteiger partial charge in [-0.15, -0.1) is 0 Å². The smallest absolute Gasteiger partial charge is 0.248 e. The van der Waals surface area contributed by atoms with Crippen LogP contribution in [0.2, 0.25) is 0 Å². The molecule has 0 saturated heterocycles. The van der Waals surface area contributed by atoms with E-state index in [1.54, 1.807) is 0 Å². The van der Waals surface area contributed by atoms with Gasteiger partial charge in [-0.05, 0) is 186 Å². The zero-order chi connectivity index (χ0) is 74.6. The van der Waals surface area contributed by atoms with Crippen molar-refractivity contribution in [3.8, 4) is 84.5 Å². The van der Waals surface area contributed by atoms with E-state index in [9.17, 15) is 5.26 Å². The Bertz CT molecular complexity index is 8020. The number of hydrogen-bond donors (Lipinski definition) is 0. The summed E-state index contributed by atoms with van der Waals surface area (Å²) in [4.78, 5) is 0. The molecule has 0 bridgehead atoms. The Morgan fingerprint density at radius 1 is 0.219 bits per heavy atom. The second-order valence-electron chi connectivity index (χ2n) is 32.3. The van der Waals surface area contributed by atoms with E-state index in [1.807, 2.05) is 12.1 Å². The lowest BCUT2D eigenvalue weighted by molar-refractivity contribution is 1.19. The van der Waals surface area contributed by atoms with Gasteiger partial charge in [-0.2, -0.15) is 5.26 Å². The van der Waals surface area contributed by atoms with Gasteiger partial charge in [0, 0.05) is 87.9 Å². The van der Waals surface area contributed by atoms with Crippen molar-refractivity contribution < 1.29 is 0 Å². The van der Waals surface area contributed by atoms with Gasteiger partial charge in [-0.25, -0.2) is 0 Å². The van der Waals surface area contributed by atoms with Gasteiger partial charge in [0.15, 0.2) is 0 Å². The Kier molecular flexibility index (Phi) is 12.6. The van der Waals surface area contributed by atoms with Crippen LogP contribution in [0.5, 0.6) is 0 Å². The van der Waals surface area contributed by atoms with Crippen molar-refractivity contribution in [1.82, 2.24) is 18.3 Å². The van der Waals surface area contributed by atoms with Crippen molar-refractivity contribution in [3.63, 3.8) is 0 Å². The van der Waals surface area contributed by atoms with Crippen LogP contribution in [0.25, 0.3) is 166 Å². The van der Waals surface area contributed by atoms with Gasteiger partial charge in [0.1, 0.15) is 0 Å². The SMILES string of the molecule is Cc1ccc2c(c1)-c1ccc3c4ccccc4n4c3c1B2c1ccccc1-4.Cc1ccc2c(c1)c1ccc3c4c1n2-c1ccccc1B4c1ccccc1-3.N#Cc1ccc2c(c1)c1ccc3c4c1n2-c1ccccc1B4c1ccccc1-3.c1ccc(-c2ccc3c(c2)-c2ccc4c5ccccc5n5c4c2B3c2ccccc2-5)cc1. The number of fused-ring (bicyclic) bond motifs is 36. The molecule has 0 fully saturated rings. The summed E-state index contributed by atoms with van der Waals surface area (Å²) in [5.74, 6) is 0. The molecule has 0 aliphatic carbocycles. The fourth-order valence-electron chi connectivity index (χ4n) is 22.4. The Balaban J connectivity index is 0.0000000839. The van der Waals surface area contributed by atoms with Crippen LogP contribution >= 0.6 is 0 Å². The van der Waals surface area contributed by atoms with Gasteiger partial charge >= 0.3 is 0 Å². The average Bonchev–Trinajstić information content (AvgIpc) is 1.54. The fraction of sp³-hybridized carbons (Fsp3) is 0.0190. The summed E-state index contributed by atoms with van der Waals surface area (Å²) in [5, 5.41) is 19.9. The molecule has 9 heteroatoms. The average molecular weight is 1440 g/mol. The summed E-state index contributed by atoms with van der Waals surface area (Å²) in [6, 6.07) is 129. The molecule has 8 aliphatic heterocycles. The molecule has 114 heavy (non-hydrogen) atoms.